The molecular weight excluding hydrogens is 272 g/mol. The van der Waals surface area contributed by atoms with Crippen LogP contribution in [0.2, 0.25) is 0 Å². The highest BCUT2D eigenvalue weighted by atomic mass is 16.4. The number of para-hydroxylation sites is 1. The average molecular weight is 290 g/mol. The summed E-state index contributed by atoms with van der Waals surface area (Å²) < 4.78 is 1.86. The number of benzene rings is 1. The third-order valence-corrected chi connectivity index (χ3v) is 3.33. The van der Waals surface area contributed by atoms with Gasteiger partial charge in [0.25, 0.3) is 0 Å². The predicted octanol–water partition coefficient (Wildman–Crippen LogP) is 0.902. The lowest BCUT2D eigenvalue weighted by Gasteiger charge is -2.15. The minimum absolute atomic E-state index is 0.0927. The fourth-order valence-electron chi connectivity index (χ4n) is 2.35. The second-order valence-corrected chi connectivity index (χ2v) is 4.98. The van der Waals surface area contributed by atoms with Crippen LogP contribution in [-0.4, -0.2) is 39.3 Å². The number of rotatable bonds is 6. The summed E-state index contributed by atoms with van der Waals surface area (Å²) in [4.78, 5) is 22.6. The van der Waals surface area contributed by atoms with Gasteiger partial charge in [0.15, 0.2) is 0 Å². The van der Waals surface area contributed by atoms with E-state index in [0.717, 1.165) is 16.6 Å². The van der Waals surface area contributed by atoms with Crippen LogP contribution in [0.4, 0.5) is 0 Å². The fourth-order valence-corrected chi connectivity index (χ4v) is 2.35. The number of aromatic nitrogens is 1. The molecule has 0 spiro atoms. The van der Waals surface area contributed by atoms with E-state index in [1.165, 1.54) is 0 Å². The van der Waals surface area contributed by atoms with E-state index in [0.29, 0.717) is 0 Å². The smallest absolute Gasteiger partial charge is 0.305 e. The molecule has 6 nitrogen and oxygen atoms in total. The van der Waals surface area contributed by atoms with Crippen LogP contribution in [0.25, 0.3) is 10.9 Å². The van der Waals surface area contributed by atoms with Crippen LogP contribution in [0.1, 0.15) is 12.1 Å². The third-order valence-electron chi connectivity index (χ3n) is 3.33. The molecule has 0 aliphatic carbocycles. The van der Waals surface area contributed by atoms with Crippen molar-refractivity contribution in [2.24, 2.45) is 0 Å². The first-order chi connectivity index (χ1) is 10.0. The summed E-state index contributed by atoms with van der Waals surface area (Å²) in [6.07, 6.45) is -0.298. The van der Waals surface area contributed by atoms with Crippen molar-refractivity contribution >= 4 is 22.8 Å². The Morgan fingerprint density at radius 3 is 2.71 bits per heavy atom. The van der Waals surface area contributed by atoms with E-state index >= 15 is 0 Å². The van der Waals surface area contributed by atoms with Gasteiger partial charge in [0, 0.05) is 11.2 Å². The number of fused-ring (bicyclic) bond motifs is 1. The summed E-state index contributed by atoms with van der Waals surface area (Å²) in [5, 5.41) is 21.4. The molecule has 0 aliphatic rings. The zero-order valence-electron chi connectivity index (χ0n) is 11.7. The van der Waals surface area contributed by atoms with Crippen molar-refractivity contribution < 1.29 is 19.8 Å². The van der Waals surface area contributed by atoms with Gasteiger partial charge in [-0.05, 0) is 24.4 Å². The van der Waals surface area contributed by atoms with Crippen LogP contribution in [0.15, 0.2) is 30.3 Å². The molecule has 0 saturated carbocycles. The largest absolute Gasteiger partial charge is 0.481 e. The molecule has 1 aromatic heterocycles. The SMILES string of the molecule is Cc1cc2ccccc2n1CC(=O)N[C@H](CO)CC(=O)O. The number of aliphatic hydroxyl groups excluding tert-OH is 1. The lowest BCUT2D eigenvalue weighted by atomic mass is 10.2. The van der Waals surface area contributed by atoms with Gasteiger partial charge in [-0.1, -0.05) is 18.2 Å². The molecule has 0 saturated heterocycles. The molecule has 21 heavy (non-hydrogen) atoms. The highest BCUT2D eigenvalue weighted by Crippen LogP contribution is 2.18. The minimum Gasteiger partial charge on any atom is -0.481 e. The molecule has 112 valence electrons. The van der Waals surface area contributed by atoms with E-state index < -0.39 is 18.6 Å². The molecule has 2 aromatic rings. The van der Waals surface area contributed by atoms with Crippen LogP contribution in [0.5, 0.6) is 0 Å². The van der Waals surface area contributed by atoms with Gasteiger partial charge < -0.3 is 20.1 Å². The Balaban J connectivity index is 2.11. The molecular formula is C15H18N2O4. The number of hydrogen-bond acceptors (Lipinski definition) is 3. The van der Waals surface area contributed by atoms with Gasteiger partial charge in [0.05, 0.1) is 19.1 Å². The lowest BCUT2D eigenvalue weighted by molar-refractivity contribution is -0.138. The first kappa shape index (κ1) is 15.1. The maximum atomic E-state index is 12.0. The lowest BCUT2D eigenvalue weighted by Crippen LogP contribution is -2.40. The minimum atomic E-state index is -1.06. The van der Waals surface area contributed by atoms with Gasteiger partial charge in [-0.15, -0.1) is 0 Å². The molecule has 3 N–H and O–H groups in total. The molecule has 1 heterocycles. The maximum absolute atomic E-state index is 12.0. The standard InChI is InChI=1S/C15H18N2O4/c1-10-6-11-4-2-3-5-13(11)17(10)8-14(19)16-12(9-18)7-15(20)21/h2-6,12,18H,7-9H2,1H3,(H,16,19)(H,20,21)/t12-/m0/s1. The Labute approximate surface area is 122 Å². The number of aliphatic carboxylic acids is 1. The summed E-state index contributed by atoms with van der Waals surface area (Å²) in [5.74, 6) is -1.38. The number of carbonyl (C=O) groups excluding carboxylic acids is 1. The molecule has 0 radical (unpaired) electrons. The summed E-state index contributed by atoms with van der Waals surface area (Å²) in [6, 6.07) is 8.95. The summed E-state index contributed by atoms with van der Waals surface area (Å²) >= 11 is 0. The average Bonchev–Trinajstić information content (AvgIpc) is 2.74. The highest BCUT2D eigenvalue weighted by molar-refractivity contribution is 5.84. The summed E-state index contributed by atoms with van der Waals surface area (Å²) in [7, 11) is 0. The quantitative estimate of drug-likeness (QED) is 0.737. The van der Waals surface area contributed by atoms with E-state index in [4.69, 9.17) is 10.2 Å². The van der Waals surface area contributed by atoms with Gasteiger partial charge in [-0.3, -0.25) is 9.59 Å². The first-order valence-corrected chi connectivity index (χ1v) is 6.68. The van der Waals surface area contributed by atoms with E-state index in [-0.39, 0.29) is 18.9 Å². The predicted molar refractivity (Wildman–Crippen MR) is 77.9 cm³/mol. The fraction of sp³-hybridized carbons (Fsp3) is 0.333. The topological polar surface area (TPSA) is 91.6 Å². The molecule has 1 amide bonds. The van der Waals surface area contributed by atoms with Crippen LogP contribution < -0.4 is 5.32 Å². The number of hydrogen-bond donors (Lipinski definition) is 3. The Hall–Kier alpha value is -2.34. The van der Waals surface area contributed by atoms with Gasteiger partial charge in [0.2, 0.25) is 5.91 Å². The Kier molecular flexibility index (Phi) is 4.59. The summed E-state index contributed by atoms with van der Waals surface area (Å²) in [5.41, 5.74) is 1.90. The molecule has 0 aliphatic heterocycles. The molecule has 0 bridgehead atoms. The van der Waals surface area contributed by atoms with Crippen LogP contribution >= 0.6 is 0 Å². The van der Waals surface area contributed by atoms with Gasteiger partial charge in [-0.2, -0.15) is 0 Å². The van der Waals surface area contributed by atoms with Crippen molar-refractivity contribution in [3.8, 4) is 0 Å². The highest BCUT2D eigenvalue weighted by Gasteiger charge is 2.16. The monoisotopic (exact) mass is 290 g/mol. The van der Waals surface area contributed by atoms with Crippen molar-refractivity contribution in [2.75, 3.05) is 6.61 Å². The van der Waals surface area contributed by atoms with Gasteiger partial charge >= 0.3 is 5.97 Å². The van der Waals surface area contributed by atoms with Crippen molar-refractivity contribution in [3.63, 3.8) is 0 Å². The van der Waals surface area contributed by atoms with E-state index in [1.807, 2.05) is 41.8 Å². The van der Waals surface area contributed by atoms with Crippen LogP contribution in [-0.2, 0) is 16.1 Å². The number of carbonyl (C=O) groups is 2. The van der Waals surface area contributed by atoms with Crippen LogP contribution in [0, 0.1) is 6.92 Å². The second-order valence-electron chi connectivity index (χ2n) is 4.98. The summed E-state index contributed by atoms with van der Waals surface area (Å²) in [6.45, 7) is 1.60. The molecule has 6 heteroatoms. The molecule has 0 unspecified atom stereocenters. The first-order valence-electron chi connectivity index (χ1n) is 6.68. The molecule has 0 fully saturated rings. The Bertz CT molecular complexity index is 663. The van der Waals surface area contributed by atoms with E-state index in [2.05, 4.69) is 5.32 Å². The van der Waals surface area contributed by atoms with Gasteiger partial charge in [0.1, 0.15) is 6.54 Å². The van der Waals surface area contributed by atoms with Gasteiger partial charge in [-0.25, -0.2) is 0 Å². The van der Waals surface area contributed by atoms with Crippen molar-refractivity contribution in [1.82, 2.24) is 9.88 Å². The molecule has 1 atom stereocenters. The number of nitrogens with zero attached hydrogens (tertiary/aromatic N) is 1. The van der Waals surface area contributed by atoms with Crippen molar-refractivity contribution in [3.05, 3.63) is 36.0 Å². The Morgan fingerprint density at radius 2 is 2.05 bits per heavy atom. The third kappa shape index (κ3) is 3.61. The second kappa shape index (κ2) is 6.41. The number of aryl methyl sites for hydroxylation is 1. The van der Waals surface area contributed by atoms with Crippen LogP contribution in [0.3, 0.4) is 0 Å². The molecule has 1 aromatic carbocycles. The number of aliphatic hydroxyl groups is 1. The number of carboxylic acids is 1. The maximum Gasteiger partial charge on any atom is 0.305 e. The number of carboxylic acid groups (broad SMARTS) is 1. The number of amides is 1. The van der Waals surface area contributed by atoms with Crippen molar-refractivity contribution in [1.29, 1.82) is 0 Å². The van der Waals surface area contributed by atoms with Crippen molar-refractivity contribution in [2.45, 2.75) is 25.9 Å². The normalized spacial score (nSPS) is 12.3. The van der Waals surface area contributed by atoms with E-state index in [1.54, 1.807) is 0 Å². The Morgan fingerprint density at radius 1 is 1.33 bits per heavy atom. The molecule has 2 rings (SSSR count). The number of nitrogens with one attached hydrogen (secondary N) is 1. The van der Waals surface area contributed by atoms with E-state index in [9.17, 15) is 9.59 Å². The zero-order valence-corrected chi connectivity index (χ0v) is 11.7. The zero-order chi connectivity index (χ0) is 15.4.